The van der Waals surface area contributed by atoms with Crippen LogP contribution < -0.4 is 0 Å². The molecule has 0 bridgehead atoms. The maximum Gasteiger partial charge on any atom is 0.187 e. The number of ether oxygens (including phenoxy) is 6. The van der Waals surface area contributed by atoms with Crippen LogP contribution in [0.15, 0.2) is 11.6 Å². The maximum atomic E-state index is 12.7. The average Bonchev–Trinajstić information content (AvgIpc) is 3.65. The molecule has 7 aliphatic rings. The first-order valence-corrected chi connectivity index (χ1v) is 24.5. The molecule has 0 amide bonds. The molecule has 67 heavy (non-hydrogen) atoms. The van der Waals surface area contributed by atoms with Gasteiger partial charge in [0, 0.05) is 0 Å². The summed E-state index contributed by atoms with van der Waals surface area (Å²) in [7, 11) is 0. The molecule has 7 rings (SSSR count). The Morgan fingerprint density at radius 3 is 1.73 bits per heavy atom. The Balaban J connectivity index is 1.15. The lowest BCUT2D eigenvalue weighted by atomic mass is 9.34. The summed E-state index contributed by atoms with van der Waals surface area (Å²) in [5, 5.41) is 142. The molecule has 1 unspecified atom stereocenters. The topological polar surface area (TPSA) is 318 Å². The summed E-state index contributed by atoms with van der Waals surface area (Å²) in [6.07, 6.45) is -19.2. The fraction of sp³-hybridized carbons (Fsp3) is 0.958. The minimum Gasteiger partial charge on any atom is -0.394 e. The zero-order valence-corrected chi connectivity index (χ0v) is 40.3. The van der Waals surface area contributed by atoms with Crippen molar-refractivity contribution in [2.75, 3.05) is 19.8 Å². The second kappa shape index (κ2) is 19.8. The van der Waals surface area contributed by atoms with Gasteiger partial charge in [-0.25, -0.2) is 0 Å². The number of allylic oxidation sites excluding steroid dienone is 2. The predicted molar refractivity (Wildman–Crippen MR) is 235 cm³/mol. The largest absolute Gasteiger partial charge is 0.394 e. The second-order valence-corrected chi connectivity index (χ2v) is 23.1. The lowest BCUT2D eigenvalue weighted by molar-refractivity contribution is -0.380. The van der Waals surface area contributed by atoms with Crippen molar-refractivity contribution < 1.29 is 94.8 Å². The monoisotopic (exact) mass is 963 g/mol. The van der Waals surface area contributed by atoms with Crippen LogP contribution >= 0.6 is 0 Å². The van der Waals surface area contributed by atoms with Gasteiger partial charge in [0.25, 0.3) is 0 Å². The summed E-state index contributed by atoms with van der Waals surface area (Å²) in [4.78, 5) is 0. The molecular formula is C48H82O19. The molecule has 0 aromatic rings. The number of hydrogen-bond donors (Lipinski definition) is 13. The van der Waals surface area contributed by atoms with Gasteiger partial charge in [0.1, 0.15) is 73.2 Å². The molecule has 0 aromatic carbocycles. The van der Waals surface area contributed by atoms with E-state index in [4.69, 9.17) is 28.4 Å². The van der Waals surface area contributed by atoms with Crippen LogP contribution in [0.3, 0.4) is 0 Å². The van der Waals surface area contributed by atoms with E-state index in [9.17, 15) is 66.4 Å². The van der Waals surface area contributed by atoms with Gasteiger partial charge in [-0.3, -0.25) is 0 Å². The Kier molecular flexibility index (Phi) is 15.9. The first-order chi connectivity index (χ1) is 31.3. The van der Waals surface area contributed by atoms with E-state index in [-0.39, 0.29) is 23.7 Å². The average molecular weight is 963 g/mol. The molecule has 0 radical (unpaired) electrons. The zero-order valence-electron chi connectivity index (χ0n) is 40.3. The highest BCUT2D eigenvalue weighted by Crippen LogP contribution is 2.76. The van der Waals surface area contributed by atoms with Gasteiger partial charge in [0.2, 0.25) is 0 Å². The molecule has 4 aliphatic carbocycles. The van der Waals surface area contributed by atoms with Crippen LogP contribution in [-0.2, 0) is 28.4 Å². The zero-order chi connectivity index (χ0) is 49.5. The lowest BCUT2D eigenvalue weighted by Crippen LogP contribution is -2.70. The number of rotatable bonds is 13. The Morgan fingerprint density at radius 1 is 0.627 bits per heavy atom. The third-order valence-electron chi connectivity index (χ3n) is 18.7. The summed E-state index contributed by atoms with van der Waals surface area (Å²) in [5.41, 5.74) is -2.23. The second-order valence-electron chi connectivity index (χ2n) is 23.1. The van der Waals surface area contributed by atoms with Crippen LogP contribution in [-0.4, -0.2) is 202 Å². The van der Waals surface area contributed by atoms with E-state index in [2.05, 4.69) is 26.8 Å². The van der Waals surface area contributed by atoms with Gasteiger partial charge in [0.05, 0.1) is 43.7 Å². The molecule has 19 nitrogen and oxygen atoms in total. The van der Waals surface area contributed by atoms with E-state index in [0.717, 1.165) is 5.57 Å². The van der Waals surface area contributed by atoms with Crippen molar-refractivity contribution in [3.05, 3.63) is 11.6 Å². The summed E-state index contributed by atoms with van der Waals surface area (Å²) < 4.78 is 37.0. The van der Waals surface area contributed by atoms with E-state index >= 15 is 0 Å². The first kappa shape index (κ1) is 53.8. The molecule has 4 saturated carbocycles. The van der Waals surface area contributed by atoms with Crippen LogP contribution in [0.5, 0.6) is 0 Å². The molecule has 0 aromatic heterocycles. The van der Waals surface area contributed by atoms with Crippen molar-refractivity contribution in [3.63, 3.8) is 0 Å². The van der Waals surface area contributed by atoms with Gasteiger partial charge < -0.3 is 94.8 Å². The standard InChI is InChI=1S/C48H82O19/c1-21(2)10-9-13-48(8,67-42-38(61)35(58)32(55)26(19-50)63-42)22-11-15-46(6)30(22)23(52)16-28-45(5)14-12-29(44(3,4)40(45)24(53)17-47(28,46)7)65-43-39(36(59)33(56)27(20-51)64-43)66-41-37(60)34(57)31(54)25(18-49)62-41/h10,22-43,49-61H,9,11-20H2,1-8H3/t22-,23+,24+,25+,26+,27+,28+,29-,30-,31+,32+,33+,34-,35-,36-,37+,38+,39+,40-,41-,42-,43-,45+,46+,47+,48?/m0/s1. The van der Waals surface area contributed by atoms with Crippen LogP contribution in [0.4, 0.5) is 0 Å². The quantitative estimate of drug-likeness (QED) is 0.0773. The molecule has 3 aliphatic heterocycles. The van der Waals surface area contributed by atoms with Gasteiger partial charge in [-0.2, -0.15) is 0 Å². The van der Waals surface area contributed by atoms with Gasteiger partial charge >= 0.3 is 0 Å². The van der Waals surface area contributed by atoms with Crippen LogP contribution in [0.2, 0.25) is 0 Å². The number of hydrogen-bond acceptors (Lipinski definition) is 19. The van der Waals surface area contributed by atoms with Crippen molar-refractivity contribution >= 4 is 0 Å². The van der Waals surface area contributed by atoms with Crippen molar-refractivity contribution in [2.24, 2.45) is 45.3 Å². The van der Waals surface area contributed by atoms with E-state index in [0.29, 0.717) is 51.4 Å². The Morgan fingerprint density at radius 2 is 1.16 bits per heavy atom. The highest BCUT2D eigenvalue weighted by Gasteiger charge is 2.74. The highest BCUT2D eigenvalue weighted by molar-refractivity contribution is 5.22. The summed E-state index contributed by atoms with van der Waals surface area (Å²) in [5.74, 6) is -1.02. The highest BCUT2D eigenvalue weighted by atomic mass is 16.8. The summed E-state index contributed by atoms with van der Waals surface area (Å²) >= 11 is 0. The van der Waals surface area contributed by atoms with Crippen LogP contribution in [0.1, 0.15) is 107 Å². The first-order valence-electron chi connectivity index (χ1n) is 24.5. The van der Waals surface area contributed by atoms with Crippen molar-refractivity contribution in [2.45, 2.75) is 223 Å². The normalized spacial score (nSPS) is 52.9. The smallest absolute Gasteiger partial charge is 0.187 e. The maximum absolute atomic E-state index is 12.7. The van der Waals surface area contributed by atoms with E-state index < -0.39 is 158 Å². The number of aliphatic hydroxyl groups is 13. The van der Waals surface area contributed by atoms with Gasteiger partial charge in [-0.05, 0) is 117 Å². The van der Waals surface area contributed by atoms with E-state index in [1.54, 1.807) is 0 Å². The minimum atomic E-state index is -1.83. The molecule has 3 heterocycles. The summed E-state index contributed by atoms with van der Waals surface area (Å²) in [6.45, 7) is 14.6. The Hall–Kier alpha value is -1.02. The number of aliphatic hydroxyl groups excluding tert-OH is 13. The van der Waals surface area contributed by atoms with Crippen molar-refractivity contribution in [3.8, 4) is 0 Å². The van der Waals surface area contributed by atoms with E-state index in [1.165, 1.54) is 0 Å². The molecule has 7 fully saturated rings. The minimum absolute atomic E-state index is 0.0733. The molecule has 388 valence electrons. The predicted octanol–water partition coefficient (Wildman–Crippen LogP) is -1.06. The Bertz CT molecular complexity index is 1710. The summed E-state index contributed by atoms with van der Waals surface area (Å²) in [6, 6.07) is 0. The molecule has 26 atom stereocenters. The Labute approximate surface area is 393 Å². The third-order valence-corrected chi connectivity index (χ3v) is 18.7. The van der Waals surface area contributed by atoms with Crippen LogP contribution in [0.25, 0.3) is 0 Å². The molecule has 3 saturated heterocycles. The molecular weight excluding hydrogens is 881 g/mol. The van der Waals surface area contributed by atoms with Crippen molar-refractivity contribution in [1.29, 1.82) is 0 Å². The molecule has 19 heteroatoms. The SMILES string of the molecule is CC(C)=CCCC(C)(O[C@@H]1O[C@H](CO)[C@@H](O)[C@H](O)[C@H]1O)[C@H]1CC[C@]2(C)[C@@H]1[C@H](O)C[C@@H]1[C@@]3(C)CC[C@H](O[C@@H]4O[C@H](CO)[C@@H](O)[C@H](O)[C@H]4O[C@@H]4O[C@H](CO)[C@@H](O)[C@H](O)[C@H]4O)C(C)(C)[C@@H]3[C@H](O)C[C@]12C. The van der Waals surface area contributed by atoms with Crippen LogP contribution in [0, 0.1) is 45.3 Å². The van der Waals surface area contributed by atoms with E-state index in [1.807, 2.05) is 34.6 Å². The lowest BCUT2D eigenvalue weighted by Gasteiger charge is -2.71. The molecule has 0 spiro atoms. The van der Waals surface area contributed by atoms with Crippen molar-refractivity contribution in [1.82, 2.24) is 0 Å². The van der Waals surface area contributed by atoms with Gasteiger partial charge in [-0.1, -0.05) is 46.3 Å². The van der Waals surface area contributed by atoms with Gasteiger partial charge in [0.15, 0.2) is 18.9 Å². The third kappa shape index (κ3) is 9.03. The molecule has 13 N–H and O–H groups in total. The number of fused-ring (bicyclic) bond motifs is 5. The fourth-order valence-electron chi connectivity index (χ4n) is 15.1. The fourth-order valence-corrected chi connectivity index (χ4v) is 15.1. The van der Waals surface area contributed by atoms with Gasteiger partial charge in [-0.15, -0.1) is 0 Å².